The number of amides is 2. The average Bonchev–Trinajstić information content (AvgIpc) is 3.23. The Labute approximate surface area is 209 Å². The van der Waals surface area contributed by atoms with Crippen LogP contribution in [0.25, 0.3) is 16.7 Å². The first-order chi connectivity index (χ1) is 16.7. The maximum absolute atomic E-state index is 13.3. The third-order valence-corrected chi connectivity index (χ3v) is 7.00. The molecule has 2 aromatic heterocycles. The minimum absolute atomic E-state index is 0.113. The number of rotatable bonds is 7. The van der Waals surface area contributed by atoms with Crippen molar-refractivity contribution in [1.82, 2.24) is 29.8 Å². The van der Waals surface area contributed by atoms with Crippen molar-refractivity contribution in [2.45, 2.75) is 89.5 Å². The molecular formula is C25H34N6O3S. The van der Waals surface area contributed by atoms with Crippen molar-refractivity contribution in [1.29, 1.82) is 0 Å². The number of nitrogens with zero attached hydrogens (tertiary/aromatic N) is 4. The van der Waals surface area contributed by atoms with Crippen molar-refractivity contribution in [2.24, 2.45) is 0 Å². The predicted octanol–water partition coefficient (Wildman–Crippen LogP) is 3.52. The molecule has 1 aliphatic rings. The highest BCUT2D eigenvalue weighted by atomic mass is 32.2. The number of carbonyl (C=O) groups is 2. The average molecular weight is 499 g/mol. The van der Waals surface area contributed by atoms with E-state index in [9.17, 15) is 14.4 Å². The zero-order valence-corrected chi connectivity index (χ0v) is 21.7. The van der Waals surface area contributed by atoms with Crippen molar-refractivity contribution < 1.29 is 9.59 Å². The number of aromatic nitrogens is 4. The van der Waals surface area contributed by atoms with Crippen molar-refractivity contribution in [2.75, 3.05) is 5.75 Å². The topological polar surface area (TPSA) is 110 Å². The molecule has 0 bridgehead atoms. The molecule has 0 spiro atoms. The molecule has 2 N–H and O–H groups in total. The van der Waals surface area contributed by atoms with Crippen LogP contribution in [-0.4, -0.2) is 48.3 Å². The lowest BCUT2D eigenvalue weighted by molar-refractivity contribution is -0.119. The maximum atomic E-state index is 13.3. The van der Waals surface area contributed by atoms with Gasteiger partial charge in [0.2, 0.25) is 11.7 Å². The fourth-order valence-electron chi connectivity index (χ4n) is 4.54. The van der Waals surface area contributed by atoms with Gasteiger partial charge in [-0.15, -0.1) is 10.2 Å². The fourth-order valence-corrected chi connectivity index (χ4v) is 5.28. The van der Waals surface area contributed by atoms with Crippen LogP contribution >= 0.6 is 11.8 Å². The Balaban J connectivity index is 1.74. The molecule has 9 nitrogen and oxygen atoms in total. The van der Waals surface area contributed by atoms with Crippen LogP contribution in [0.15, 0.2) is 28.2 Å². The van der Waals surface area contributed by atoms with Gasteiger partial charge in [-0.3, -0.25) is 23.4 Å². The van der Waals surface area contributed by atoms with Gasteiger partial charge in [0, 0.05) is 23.7 Å². The number of nitrogens with one attached hydrogen (secondary N) is 2. The molecule has 0 aliphatic heterocycles. The highest BCUT2D eigenvalue weighted by molar-refractivity contribution is 7.99. The van der Waals surface area contributed by atoms with Gasteiger partial charge in [-0.2, -0.15) is 0 Å². The van der Waals surface area contributed by atoms with Crippen molar-refractivity contribution in [3.63, 3.8) is 0 Å². The second-order valence-corrected chi connectivity index (χ2v) is 11.1. The quantitative estimate of drug-likeness (QED) is 0.482. The van der Waals surface area contributed by atoms with E-state index in [2.05, 4.69) is 20.8 Å². The van der Waals surface area contributed by atoms with Crippen LogP contribution in [0.5, 0.6) is 0 Å². The Morgan fingerprint density at radius 2 is 1.89 bits per heavy atom. The normalized spacial score (nSPS) is 15.0. The molecule has 2 heterocycles. The summed E-state index contributed by atoms with van der Waals surface area (Å²) in [5.74, 6) is 0.316. The Hall–Kier alpha value is -2.88. The number of benzene rings is 1. The van der Waals surface area contributed by atoms with Gasteiger partial charge in [0.1, 0.15) is 0 Å². The number of hydrogen-bond acceptors (Lipinski definition) is 6. The lowest BCUT2D eigenvalue weighted by Gasteiger charge is -2.22. The number of thioether (sulfide) groups is 1. The van der Waals surface area contributed by atoms with Crippen molar-refractivity contribution in [3.05, 3.63) is 34.1 Å². The van der Waals surface area contributed by atoms with Gasteiger partial charge in [-0.25, -0.2) is 0 Å². The summed E-state index contributed by atoms with van der Waals surface area (Å²) in [5.41, 5.74) is 0.562. The molecule has 1 saturated carbocycles. The first-order valence-electron chi connectivity index (χ1n) is 12.3. The SMILES string of the molecule is CCCn1c(=O)c2ccc(C(=O)NC3CCCCC3)cc2n2c(SCC(=O)NC(C)(C)C)nnc12. The third-order valence-electron chi connectivity index (χ3n) is 6.07. The van der Waals surface area contributed by atoms with Crippen LogP contribution in [0, 0.1) is 0 Å². The van der Waals surface area contributed by atoms with Gasteiger partial charge in [-0.1, -0.05) is 37.9 Å². The molecule has 2 amide bonds. The first kappa shape index (κ1) is 25.2. The lowest BCUT2D eigenvalue weighted by atomic mass is 9.95. The largest absolute Gasteiger partial charge is 0.351 e. The zero-order valence-electron chi connectivity index (χ0n) is 20.9. The van der Waals surface area contributed by atoms with Crippen LogP contribution in [0.3, 0.4) is 0 Å². The van der Waals surface area contributed by atoms with Crippen molar-refractivity contribution >= 4 is 40.3 Å². The number of carbonyl (C=O) groups excluding carboxylic acids is 2. The number of hydrogen-bond donors (Lipinski definition) is 2. The van der Waals surface area contributed by atoms with Gasteiger partial charge < -0.3 is 10.6 Å². The summed E-state index contributed by atoms with van der Waals surface area (Å²) in [6.45, 7) is 8.28. The van der Waals surface area contributed by atoms with Crippen LogP contribution in [-0.2, 0) is 11.3 Å². The smallest absolute Gasteiger partial charge is 0.262 e. The van der Waals surface area contributed by atoms with E-state index in [1.54, 1.807) is 27.2 Å². The second kappa shape index (κ2) is 10.4. The molecule has 1 aliphatic carbocycles. The maximum Gasteiger partial charge on any atom is 0.262 e. The van der Waals surface area contributed by atoms with Gasteiger partial charge in [0.15, 0.2) is 5.16 Å². The number of fused-ring (bicyclic) bond motifs is 3. The van der Waals surface area contributed by atoms with E-state index in [0.717, 1.165) is 32.1 Å². The van der Waals surface area contributed by atoms with E-state index in [4.69, 9.17) is 0 Å². The van der Waals surface area contributed by atoms with E-state index in [1.807, 2.05) is 27.7 Å². The first-order valence-corrected chi connectivity index (χ1v) is 13.3. The Kier molecular flexibility index (Phi) is 7.49. The minimum Gasteiger partial charge on any atom is -0.351 e. The Morgan fingerprint density at radius 3 is 2.57 bits per heavy atom. The molecule has 10 heteroatoms. The summed E-state index contributed by atoms with van der Waals surface area (Å²) in [7, 11) is 0. The van der Waals surface area contributed by atoms with Crippen LogP contribution in [0.2, 0.25) is 0 Å². The summed E-state index contributed by atoms with van der Waals surface area (Å²) in [6, 6.07) is 5.34. The Bertz CT molecular complexity index is 1300. The third kappa shape index (κ3) is 5.69. The van der Waals surface area contributed by atoms with Crippen LogP contribution in [0.4, 0.5) is 0 Å². The van der Waals surface area contributed by atoms with Crippen LogP contribution < -0.4 is 16.2 Å². The van der Waals surface area contributed by atoms with Crippen LogP contribution in [0.1, 0.15) is 76.6 Å². The summed E-state index contributed by atoms with van der Waals surface area (Å²) in [5, 5.41) is 15.7. The molecule has 188 valence electrons. The van der Waals surface area contributed by atoms with Gasteiger partial charge in [0.05, 0.1) is 16.7 Å². The van der Waals surface area contributed by atoms with E-state index >= 15 is 0 Å². The molecule has 0 unspecified atom stereocenters. The molecule has 0 radical (unpaired) electrons. The van der Waals surface area contributed by atoms with Gasteiger partial charge in [-0.05, 0) is 58.2 Å². The molecule has 3 aromatic rings. The van der Waals surface area contributed by atoms with Gasteiger partial charge >= 0.3 is 0 Å². The Morgan fingerprint density at radius 1 is 1.14 bits per heavy atom. The standard InChI is InChI=1S/C25H34N6O3S/c1-5-13-30-22(34)18-12-11-16(21(33)26-17-9-7-6-8-10-17)14-19(18)31-23(30)28-29-24(31)35-15-20(32)27-25(2,3)4/h11-12,14,17H,5-10,13,15H2,1-4H3,(H,26,33)(H,27,32). The molecule has 0 saturated heterocycles. The van der Waals surface area contributed by atoms with E-state index in [-0.39, 0.29) is 34.7 Å². The van der Waals surface area contributed by atoms with E-state index < -0.39 is 0 Å². The minimum atomic E-state index is -0.334. The van der Waals surface area contributed by atoms with E-state index in [0.29, 0.717) is 33.9 Å². The molecule has 1 aromatic carbocycles. The fraction of sp³-hybridized carbons (Fsp3) is 0.560. The highest BCUT2D eigenvalue weighted by Crippen LogP contribution is 2.24. The highest BCUT2D eigenvalue weighted by Gasteiger charge is 2.21. The molecule has 0 atom stereocenters. The molecule has 1 fully saturated rings. The summed E-state index contributed by atoms with van der Waals surface area (Å²) in [6.07, 6.45) is 6.22. The van der Waals surface area contributed by atoms with Gasteiger partial charge in [0.25, 0.3) is 11.5 Å². The zero-order chi connectivity index (χ0) is 25.2. The molecule has 35 heavy (non-hydrogen) atoms. The monoisotopic (exact) mass is 498 g/mol. The summed E-state index contributed by atoms with van der Waals surface area (Å²) < 4.78 is 3.40. The summed E-state index contributed by atoms with van der Waals surface area (Å²) in [4.78, 5) is 38.7. The van der Waals surface area contributed by atoms with Crippen molar-refractivity contribution in [3.8, 4) is 0 Å². The molecule has 4 rings (SSSR count). The van der Waals surface area contributed by atoms with E-state index in [1.165, 1.54) is 18.2 Å². The second-order valence-electron chi connectivity index (χ2n) is 10.2. The lowest BCUT2D eigenvalue weighted by Crippen LogP contribution is -2.41. The predicted molar refractivity (Wildman–Crippen MR) is 138 cm³/mol. The number of aryl methyl sites for hydroxylation is 1. The summed E-state index contributed by atoms with van der Waals surface area (Å²) >= 11 is 1.26. The molecular weight excluding hydrogens is 464 g/mol.